The van der Waals surface area contributed by atoms with E-state index in [1.165, 1.54) is 12.1 Å². The van der Waals surface area contributed by atoms with Gasteiger partial charge in [-0.25, -0.2) is 4.39 Å². The van der Waals surface area contributed by atoms with Gasteiger partial charge in [0.2, 0.25) is 0 Å². The molecule has 1 fully saturated rings. The van der Waals surface area contributed by atoms with Crippen LogP contribution in [-0.2, 0) is 0 Å². The van der Waals surface area contributed by atoms with Crippen molar-refractivity contribution in [2.45, 2.75) is 18.8 Å². The Morgan fingerprint density at radius 1 is 1.38 bits per heavy atom. The zero-order valence-corrected chi connectivity index (χ0v) is 9.00. The molecule has 1 aromatic rings. The van der Waals surface area contributed by atoms with Crippen molar-refractivity contribution in [1.29, 1.82) is 0 Å². The van der Waals surface area contributed by atoms with Gasteiger partial charge in [-0.15, -0.1) is 0 Å². The summed E-state index contributed by atoms with van der Waals surface area (Å²) in [6.07, 6.45) is 1.63. The second kappa shape index (κ2) is 3.67. The monoisotopic (exact) mass is 219 g/mol. The Morgan fingerprint density at radius 2 is 2.25 bits per heavy atom. The molecule has 1 aliphatic heterocycles. The molecule has 0 aromatic heterocycles. The van der Waals surface area contributed by atoms with Crippen LogP contribution in [0.25, 0.3) is 0 Å². The van der Waals surface area contributed by atoms with E-state index in [0.29, 0.717) is 23.8 Å². The molecule has 1 aliphatic carbocycles. The Morgan fingerprint density at radius 3 is 3.12 bits per heavy atom. The summed E-state index contributed by atoms with van der Waals surface area (Å²) in [5.74, 6) is 0.640. The summed E-state index contributed by atoms with van der Waals surface area (Å²) in [7, 11) is 0. The number of hydrogen-bond donors (Lipinski definition) is 1. The molecule has 3 heteroatoms. The van der Waals surface area contributed by atoms with Crippen molar-refractivity contribution in [3.63, 3.8) is 0 Å². The quantitative estimate of drug-likeness (QED) is 0.724. The number of rotatable bonds is 0. The van der Waals surface area contributed by atoms with E-state index in [1.807, 2.05) is 0 Å². The average molecular weight is 219 g/mol. The second-order valence-corrected chi connectivity index (χ2v) is 4.72. The molecule has 2 aliphatic rings. The van der Waals surface area contributed by atoms with E-state index in [9.17, 15) is 9.18 Å². The number of piperidine rings is 1. The second-order valence-electron chi connectivity index (χ2n) is 4.72. The lowest BCUT2D eigenvalue weighted by molar-refractivity contribution is 0.0923. The van der Waals surface area contributed by atoms with Crippen molar-refractivity contribution in [3.8, 4) is 0 Å². The number of benzene rings is 1. The number of Topliss-reactive ketones (excluding diaryl/α,β-unsaturated/α-hetero) is 1. The molecule has 0 bridgehead atoms. The largest absolute Gasteiger partial charge is 0.316 e. The molecule has 0 radical (unpaired) electrons. The molecule has 2 nitrogen and oxygen atoms in total. The highest BCUT2D eigenvalue weighted by molar-refractivity contribution is 5.99. The molecule has 1 N–H and O–H groups in total. The van der Waals surface area contributed by atoms with Crippen molar-refractivity contribution >= 4 is 5.78 Å². The summed E-state index contributed by atoms with van der Waals surface area (Å²) in [6.45, 7) is 1.90. The molecule has 3 rings (SSSR count). The summed E-state index contributed by atoms with van der Waals surface area (Å²) in [4.78, 5) is 11.9. The Kier molecular flexibility index (Phi) is 2.28. The molecule has 1 heterocycles. The third kappa shape index (κ3) is 1.47. The van der Waals surface area contributed by atoms with Crippen LogP contribution in [0, 0.1) is 11.7 Å². The minimum absolute atomic E-state index is 0.109. The van der Waals surface area contributed by atoms with Gasteiger partial charge in [-0.2, -0.15) is 0 Å². The van der Waals surface area contributed by atoms with Crippen LogP contribution < -0.4 is 5.32 Å². The van der Waals surface area contributed by atoms with Crippen LogP contribution in [0.1, 0.15) is 34.7 Å². The highest BCUT2D eigenvalue weighted by Crippen LogP contribution is 2.39. The predicted octanol–water partition coefficient (Wildman–Crippen LogP) is 2.11. The van der Waals surface area contributed by atoms with Crippen molar-refractivity contribution in [1.82, 2.24) is 5.32 Å². The molecule has 1 saturated heterocycles. The molecule has 0 amide bonds. The summed E-state index contributed by atoms with van der Waals surface area (Å²) in [5, 5.41) is 3.35. The Hall–Kier alpha value is -1.22. The number of hydrogen-bond acceptors (Lipinski definition) is 2. The van der Waals surface area contributed by atoms with Gasteiger partial charge in [-0.05, 0) is 36.6 Å². The molecule has 1 aromatic carbocycles. The molecule has 84 valence electrons. The minimum atomic E-state index is -0.311. The maximum absolute atomic E-state index is 13.1. The van der Waals surface area contributed by atoms with Crippen LogP contribution in [0.4, 0.5) is 4.39 Å². The number of nitrogens with one attached hydrogen (secondary N) is 1. The van der Waals surface area contributed by atoms with E-state index in [-0.39, 0.29) is 11.6 Å². The molecule has 2 atom stereocenters. The number of ketones is 1. The number of carbonyl (C=O) groups is 1. The van der Waals surface area contributed by atoms with Crippen LogP contribution in [0.5, 0.6) is 0 Å². The first-order valence-corrected chi connectivity index (χ1v) is 5.79. The van der Waals surface area contributed by atoms with Crippen LogP contribution in [0.3, 0.4) is 0 Å². The number of carbonyl (C=O) groups excluding carboxylic acids is 1. The van der Waals surface area contributed by atoms with Gasteiger partial charge in [0.15, 0.2) is 5.78 Å². The lowest BCUT2D eigenvalue weighted by Gasteiger charge is -2.36. The third-order valence-electron chi connectivity index (χ3n) is 3.79. The van der Waals surface area contributed by atoms with Gasteiger partial charge < -0.3 is 5.32 Å². The lowest BCUT2D eigenvalue weighted by atomic mass is 9.71. The molecular weight excluding hydrogens is 205 g/mol. The van der Waals surface area contributed by atoms with Gasteiger partial charge in [-0.1, -0.05) is 6.07 Å². The topological polar surface area (TPSA) is 29.1 Å². The van der Waals surface area contributed by atoms with E-state index in [1.54, 1.807) is 6.07 Å². The van der Waals surface area contributed by atoms with Crippen molar-refractivity contribution in [3.05, 3.63) is 35.1 Å². The number of halogens is 1. The van der Waals surface area contributed by atoms with Gasteiger partial charge in [0.25, 0.3) is 0 Å². The maximum atomic E-state index is 13.1. The van der Waals surface area contributed by atoms with Crippen LogP contribution >= 0.6 is 0 Å². The lowest BCUT2D eigenvalue weighted by Crippen LogP contribution is -2.39. The smallest absolute Gasteiger partial charge is 0.163 e. The Bertz CT molecular complexity index is 444. The van der Waals surface area contributed by atoms with Crippen LogP contribution in [0.15, 0.2) is 18.2 Å². The van der Waals surface area contributed by atoms with Gasteiger partial charge in [0.1, 0.15) is 5.82 Å². The minimum Gasteiger partial charge on any atom is -0.316 e. The van der Waals surface area contributed by atoms with Gasteiger partial charge in [0.05, 0.1) is 0 Å². The molecule has 16 heavy (non-hydrogen) atoms. The van der Waals surface area contributed by atoms with Crippen molar-refractivity contribution in [2.75, 3.05) is 13.1 Å². The van der Waals surface area contributed by atoms with E-state index in [4.69, 9.17) is 0 Å². The predicted molar refractivity (Wildman–Crippen MR) is 59.1 cm³/mol. The zero-order chi connectivity index (χ0) is 11.1. The zero-order valence-electron chi connectivity index (χ0n) is 9.00. The fraction of sp³-hybridized carbons (Fsp3) is 0.462. The standard InChI is InChI=1S/C13H14FNO/c14-9-1-2-10-11(6-9)13(16)5-8-3-4-15-7-12(8)10/h1-2,6,8,12,15H,3-5,7H2/t8-,12-/m0/s1. The first-order chi connectivity index (χ1) is 7.75. The SMILES string of the molecule is O=C1C[C@@H]2CCNC[C@@H]2c2ccc(F)cc21. The van der Waals surface area contributed by atoms with E-state index in [2.05, 4.69) is 5.32 Å². The fourth-order valence-electron chi connectivity index (χ4n) is 2.96. The summed E-state index contributed by atoms with van der Waals surface area (Å²) in [5.41, 5.74) is 1.64. The third-order valence-corrected chi connectivity index (χ3v) is 3.79. The Labute approximate surface area is 93.9 Å². The van der Waals surface area contributed by atoms with E-state index in [0.717, 1.165) is 25.1 Å². The van der Waals surface area contributed by atoms with E-state index >= 15 is 0 Å². The molecule has 0 saturated carbocycles. The Balaban J connectivity index is 2.08. The molecule has 0 spiro atoms. The first-order valence-electron chi connectivity index (χ1n) is 5.79. The van der Waals surface area contributed by atoms with Gasteiger partial charge >= 0.3 is 0 Å². The number of fused-ring (bicyclic) bond motifs is 3. The van der Waals surface area contributed by atoms with Gasteiger partial charge in [-0.3, -0.25) is 4.79 Å². The summed E-state index contributed by atoms with van der Waals surface area (Å²) < 4.78 is 13.1. The van der Waals surface area contributed by atoms with Gasteiger partial charge in [0, 0.05) is 24.4 Å². The van der Waals surface area contributed by atoms with Crippen molar-refractivity contribution in [2.24, 2.45) is 5.92 Å². The first kappa shape index (κ1) is 9.97. The van der Waals surface area contributed by atoms with Crippen molar-refractivity contribution < 1.29 is 9.18 Å². The average Bonchev–Trinajstić information content (AvgIpc) is 2.29. The van der Waals surface area contributed by atoms with Crippen LogP contribution in [-0.4, -0.2) is 18.9 Å². The molecular formula is C13H14FNO. The maximum Gasteiger partial charge on any atom is 0.163 e. The normalized spacial score (nSPS) is 28.4. The molecule has 0 unspecified atom stereocenters. The fourth-order valence-corrected chi connectivity index (χ4v) is 2.96. The highest BCUT2D eigenvalue weighted by atomic mass is 19.1. The highest BCUT2D eigenvalue weighted by Gasteiger charge is 2.35. The summed E-state index contributed by atoms with van der Waals surface area (Å²) in [6, 6.07) is 4.64. The van der Waals surface area contributed by atoms with E-state index < -0.39 is 0 Å². The van der Waals surface area contributed by atoms with Crippen LogP contribution in [0.2, 0.25) is 0 Å². The summed E-state index contributed by atoms with van der Waals surface area (Å²) >= 11 is 0.